The number of rotatable bonds is 2. The van der Waals surface area contributed by atoms with Crippen LogP contribution in [0.3, 0.4) is 0 Å². The molecule has 1 aliphatic rings. The number of ether oxygens (including phenoxy) is 1. The van der Waals surface area contributed by atoms with Crippen LogP contribution in [0, 0.1) is 0 Å². The highest BCUT2D eigenvalue weighted by atomic mass is 16.5. The van der Waals surface area contributed by atoms with Crippen molar-refractivity contribution in [3.8, 4) is 0 Å². The van der Waals surface area contributed by atoms with Crippen LogP contribution in [0.2, 0.25) is 0 Å². The second kappa shape index (κ2) is 3.96. The maximum atomic E-state index is 10.8. The first-order valence-corrected chi connectivity index (χ1v) is 4.52. The first kappa shape index (κ1) is 9.45. The molecule has 1 aromatic rings. The van der Waals surface area contributed by atoms with Crippen molar-refractivity contribution in [1.82, 2.24) is 0 Å². The molecule has 0 radical (unpaired) electrons. The zero-order chi connectivity index (χ0) is 10.7. The number of nitrogens with two attached hydrogens (primary N) is 1. The van der Waals surface area contributed by atoms with Gasteiger partial charge in [0.1, 0.15) is 12.4 Å². The fourth-order valence-electron chi connectivity index (χ4n) is 1.26. The standard InChI is InChI=1S/C11H10N2O2/c12-11(8-4-2-1-3-5-8)13-9-6-10(14)15-7-9/h1-6H,7H2,(H2,12,13). The highest BCUT2D eigenvalue weighted by molar-refractivity contribution is 5.98. The third-order valence-corrected chi connectivity index (χ3v) is 1.98. The zero-order valence-electron chi connectivity index (χ0n) is 8.01. The minimum Gasteiger partial charge on any atom is -0.456 e. The molecule has 0 fully saturated rings. The van der Waals surface area contributed by atoms with Crippen LogP contribution in [0.25, 0.3) is 0 Å². The van der Waals surface area contributed by atoms with Crippen molar-refractivity contribution in [3.63, 3.8) is 0 Å². The van der Waals surface area contributed by atoms with E-state index in [-0.39, 0.29) is 12.6 Å². The fourth-order valence-corrected chi connectivity index (χ4v) is 1.26. The number of hydrogen-bond acceptors (Lipinski definition) is 3. The average molecular weight is 202 g/mol. The molecule has 0 aliphatic carbocycles. The molecule has 1 aliphatic heterocycles. The van der Waals surface area contributed by atoms with Crippen LogP contribution in [0.15, 0.2) is 47.1 Å². The van der Waals surface area contributed by atoms with Crippen molar-refractivity contribution in [2.24, 2.45) is 10.7 Å². The number of aliphatic imine (C=N–C) groups is 1. The molecule has 0 amide bonds. The molecular weight excluding hydrogens is 192 g/mol. The summed E-state index contributed by atoms with van der Waals surface area (Å²) in [6.45, 7) is 0.201. The molecule has 0 unspecified atom stereocenters. The van der Waals surface area contributed by atoms with Crippen molar-refractivity contribution in [2.45, 2.75) is 0 Å². The molecule has 4 heteroatoms. The van der Waals surface area contributed by atoms with Crippen molar-refractivity contribution in [3.05, 3.63) is 47.7 Å². The van der Waals surface area contributed by atoms with Gasteiger partial charge in [-0.25, -0.2) is 9.79 Å². The smallest absolute Gasteiger partial charge is 0.333 e. The van der Waals surface area contributed by atoms with Gasteiger partial charge in [-0.3, -0.25) is 0 Å². The Kier molecular flexibility index (Phi) is 2.49. The van der Waals surface area contributed by atoms with E-state index in [4.69, 9.17) is 10.5 Å². The van der Waals surface area contributed by atoms with Gasteiger partial charge in [0.15, 0.2) is 0 Å². The maximum Gasteiger partial charge on any atom is 0.333 e. The van der Waals surface area contributed by atoms with Gasteiger partial charge in [-0.05, 0) is 0 Å². The normalized spacial score (nSPS) is 16.1. The molecule has 76 valence electrons. The van der Waals surface area contributed by atoms with Gasteiger partial charge in [-0.2, -0.15) is 0 Å². The Morgan fingerprint density at radius 1 is 1.33 bits per heavy atom. The second-order valence-electron chi connectivity index (χ2n) is 3.11. The lowest BCUT2D eigenvalue weighted by molar-refractivity contribution is -0.134. The summed E-state index contributed by atoms with van der Waals surface area (Å²) >= 11 is 0. The monoisotopic (exact) mass is 202 g/mol. The summed E-state index contributed by atoms with van der Waals surface area (Å²) in [4.78, 5) is 14.9. The van der Waals surface area contributed by atoms with E-state index in [0.29, 0.717) is 11.5 Å². The highest BCUT2D eigenvalue weighted by Crippen LogP contribution is 2.08. The quantitative estimate of drug-likeness (QED) is 0.439. The van der Waals surface area contributed by atoms with Crippen molar-refractivity contribution >= 4 is 11.8 Å². The second-order valence-corrected chi connectivity index (χ2v) is 3.11. The van der Waals surface area contributed by atoms with Gasteiger partial charge in [-0.15, -0.1) is 0 Å². The van der Waals surface area contributed by atoms with Crippen LogP contribution in [0.1, 0.15) is 5.56 Å². The van der Waals surface area contributed by atoms with E-state index in [1.54, 1.807) is 0 Å². The Morgan fingerprint density at radius 2 is 2.07 bits per heavy atom. The number of nitrogens with zero attached hydrogens (tertiary/aromatic N) is 1. The highest BCUT2D eigenvalue weighted by Gasteiger charge is 2.12. The predicted molar refractivity (Wildman–Crippen MR) is 56.2 cm³/mol. The number of carbonyl (C=O) groups excluding carboxylic acids is 1. The topological polar surface area (TPSA) is 64.7 Å². The van der Waals surface area contributed by atoms with E-state index in [9.17, 15) is 4.79 Å². The summed E-state index contributed by atoms with van der Waals surface area (Å²) in [6.07, 6.45) is 1.34. The van der Waals surface area contributed by atoms with Crippen LogP contribution in [0.5, 0.6) is 0 Å². The Bertz CT molecular complexity index is 435. The van der Waals surface area contributed by atoms with Crippen LogP contribution >= 0.6 is 0 Å². The molecule has 0 saturated heterocycles. The van der Waals surface area contributed by atoms with Gasteiger partial charge in [0.2, 0.25) is 0 Å². The molecule has 1 aromatic carbocycles. The minimum atomic E-state index is -0.366. The zero-order valence-corrected chi connectivity index (χ0v) is 8.01. The van der Waals surface area contributed by atoms with E-state index < -0.39 is 0 Å². The van der Waals surface area contributed by atoms with Gasteiger partial charge in [0.05, 0.1) is 5.70 Å². The first-order valence-electron chi connectivity index (χ1n) is 4.52. The van der Waals surface area contributed by atoms with Crippen molar-refractivity contribution in [1.29, 1.82) is 0 Å². The Labute approximate surface area is 87.1 Å². The summed E-state index contributed by atoms with van der Waals surface area (Å²) < 4.78 is 4.71. The average Bonchev–Trinajstić information content (AvgIpc) is 2.65. The van der Waals surface area contributed by atoms with Crippen molar-refractivity contribution in [2.75, 3.05) is 6.61 Å². The largest absolute Gasteiger partial charge is 0.456 e. The van der Waals surface area contributed by atoms with Crippen LogP contribution < -0.4 is 5.73 Å². The summed E-state index contributed by atoms with van der Waals surface area (Å²) in [5.74, 6) is 0.0229. The van der Waals surface area contributed by atoms with E-state index in [0.717, 1.165) is 5.56 Å². The lowest BCUT2D eigenvalue weighted by Crippen LogP contribution is -2.13. The third kappa shape index (κ3) is 2.22. The molecule has 0 aromatic heterocycles. The summed E-state index contributed by atoms with van der Waals surface area (Å²) in [7, 11) is 0. The van der Waals surface area contributed by atoms with Crippen molar-refractivity contribution < 1.29 is 9.53 Å². The van der Waals surface area contributed by atoms with Gasteiger partial charge in [0.25, 0.3) is 0 Å². The van der Waals surface area contributed by atoms with E-state index >= 15 is 0 Å². The summed E-state index contributed by atoms with van der Waals surface area (Å²) in [5, 5.41) is 0. The number of benzene rings is 1. The molecule has 0 saturated carbocycles. The molecule has 0 spiro atoms. The van der Waals surface area contributed by atoms with E-state index in [1.165, 1.54) is 6.08 Å². The number of cyclic esters (lactones) is 1. The molecule has 1 heterocycles. The van der Waals surface area contributed by atoms with E-state index in [1.807, 2.05) is 30.3 Å². The summed E-state index contributed by atoms with van der Waals surface area (Å²) in [5.41, 5.74) is 7.15. The SMILES string of the molecule is NC(=NC1=CC(=O)OC1)c1ccccc1. The van der Waals surface area contributed by atoms with Crippen LogP contribution in [-0.4, -0.2) is 18.4 Å². The third-order valence-electron chi connectivity index (χ3n) is 1.98. The predicted octanol–water partition coefficient (Wildman–Crippen LogP) is 0.833. The Hall–Kier alpha value is -2.10. The molecule has 15 heavy (non-hydrogen) atoms. The molecule has 0 atom stereocenters. The van der Waals surface area contributed by atoms with Crippen LogP contribution in [0.4, 0.5) is 0 Å². The minimum absolute atomic E-state index is 0.201. The number of esters is 1. The number of carbonyl (C=O) groups is 1. The molecule has 2 rings (SSSR count). The Morgan fingerprint density at radius 3 is 2.67 bits per heavy atom. The van der Waals surface area contributed by atoms with Gasteiger partial charge < -0.3 is 10.5 Å². The van der Waals surface area contributed by atoms with Gasteiger partial charge in [-0.1, -0.05) is 30.3 Å². The van der Waals surface area contributed by atoms with Gasteiger partial charge in [0, 0.05) is 11.6 Å². The molecule has 0 bridgehead atoms. The maximum absolute atomic E-state index is 10.8. The lowest BCUT2D eigenvalue weighted by atomic mass is 10.2. The Balaban J connectivity index is 2.21. The fraction of sp³-hybridized carbons (Fsp3) is 0.0909. The van der Waals surface area contributed by atoms with Gasteiger partial charge >= 0.3 is 5.97 Å². The van der Waals surface area contributed by atoms with Crippen LogP contribution in [-0.2, 0) is 9.53 Å². The summed E-state index contributed by atoms with van der Waals surface area (Å²) in [6, 6.07) is 9.37. The molecule has 4 nitrogen and oxygen atoms in total. The lowest BCUT2D eigenvalue weighted by Gasteiger charge is -1.99. The number of amidine groups is 1. The number of hydrogen-bond donors (Lipinski definition) is 1. The molecular formula is C11H10N2O2. The first-order chi connectivity index (χ1) is 7.25. The van der Waals surface area contributed by atoms with E-state index in [2.05, 4.69) is 4.99 Å². The molecule has 2 N–H and O–H groups in total.